The number of rotatable bonds is 0. The lowest BCUT2D eigenvalue weighted by atomic mass is 9.76. The molecule has 0 bridgehead atoms. The predicted molar refractivity (Wildman–Crippen MR) is 97.2 cm³/mol. The smallest absolute Gasteiger partial charge is 0.209 e. The highest BCUT2D eigenvalue weighted by atomic mass is 16.5. The molecule has 2 aromatic carbocycles. The summed E-state index contributed by atoms with van der Waals surface area (Å²) in [7, 11) is 0. The average molecular weight is 314 g/mol. The van der Waals surface area contributed by atoms with Gasteiger partial charge in [0.25, 0.3) is 0 Å². The Labute approximate surface area is 141 Å². The number of nitrogens with zero attached hydrogens (tertiary/aromatic N) is 1. The molecule has 0 saturated carbocycles. The summed E-state index contributed by atoms with van der Waals surface area (Å²) in [6.07, 6.45) is 6.15. The molecule has 2 aliphatic heterocycles. The molecule has 0 fully saturated rings. The fourth-order valence-electron chi connectivity index (χ4n) is 3.92. The summed E-state index contributed by atoms with van der Waals surface area (Å²) < 4.78 is 6.56. The fraction of sp³-hybridized carbons (Fsp3) is 0.190. The largest absolute Gasteiger partial charge is 0.463 e. The van der Waals surface area contributed by atoms with E-state index in [1.165, 1.54) is 5.56 Å². The second-order valence-corrected chi connectivity index (χ2v) is 7.01. The first-order chi connectivity index (χ1) is 11.6. The van der Waals surface area contributed by atoms with Gasteiger partial charge < -0.3 is 10.1 Å². The zero-order valence-electron chi connectivity index (χ0n) is 13.7. The monoisotopic (exact) mass is 314 g/mol. The molecule has 3 heteroatoms. The first kappa shape index (κ1) is 13.6. The van der Waals surface area contributed by atoms with Crippen molar-refractivity contribution in [2.24, 2.45) is 0 Å². The number of fused-ring (bicyclic) bond motifs is 4. The van der Waals surface area contributed by atoms with Gasteiger partial charge in [-0.1, -0.05) is 24.3 Å². The number of aromatic nitrogens is 1. The minimum atomic E-state index is -0.570. The van der Waals surface area contributed by atoms with Crippen LogP contribution in [0.2, 0.25) is 0 Å². The van der Waals surface area contributed by atoms with E-state index in [-0.39, 0.29) is 5.41 Å². The molecule has 3 aromatic rings. The zero-order valence-corrected chi connectivity index (χ0v) is 13.7. The molecule has 3 nitrogen and oxygen atoms in total. The lowest BCUT2D eigenvalue weighted by Gasteiger charge is -2.41. The third kappa shape index (κ3) is 1.59. The van der Waals surface area contributed by atoms with Gasteiger partial charge in [-0.25, -0.2) is 0 Å². The lowest BCUT2D eigenvalue weighted by molar-refractivity contribution is 0.0826. The van der Waals surface area contributed by atoms with Gasteiger partial charge in [-0.15, -0.1) is 0 Å². The summed E-state index contributed by atoms with van der Waals surface area (Å²) in [4.78, 5) is 4.43. The molecule has 0 radical (unpaired) electrons. The van der Waals surface area contributed by atoms with E-state index in [1.54, 1.807) is 0 Å². The van der Waals surface area contributed by atoms with Crippen molar-refractivity contribution in [2.45, 2.75) is 25.0 Å². The van der Waals surface area contributed by atoms with Crippen LogP contribution in [-0.4, -0.2) is 10.7 Å². The Balaban J connectivity index is 1.68. The van der Waals surface area contributed by atoms with Gasteiger partial charge in [0.2, 0.25) is 5.72 Å². The Morgan fingerprint density at radius 2 is 1.88 bits per heavy atom. The highest BCUT2D eigenvalue weighted by molar-refractivity contribution is 5.91. The summed E-state index contributed by atoms with van der Waals surface area (Å²) in [5.41, 5.74) is 3.75. The molecular formula is C21H18N2O. The molecule has 5 rings (SSSR count). The van der Waals surface area contributed by atoms with Gasteiger partial charge in [0.05, 0.1) is 10.9 Å². The maximum Gasteiger partial charge on any atom is 0.209 e. The van der Waals surface area contributed by atoms with Gasteiger partial charge in [-0.2, -0.15) is 0 Å². The van der Waals surface area contributed by atoms with E-state index < -0.39 is 5.72 Å². The molecule has 0 amide bonds. The third-order valence-corrected chi connectivity index (χ3v) is 5.39. The van der Waals surface area contributed by atoms with Crippen LogP contribution < -0.4 is 10.1 Å². The summed E-state index contributed by atoms with van der Waals surface area (Å²) in [5.74, 6) is 0.895. The maximum atomic E-state index is 6.56. The van der Waals surface area contributed by atoms with Gasteiger partial charge >= 0.3 is 0 Å². The molecule has 1 spiro atoms. The maximum absolute atomic E-state index is 6.56. The van der Waals surface area contributed by atoms with Crippen LogP contribution in [0, 0.1) is 0 Å². The molecule has 0 saturated heterocycles. The molecule has 0 aliphatic carbocycles. The van der Waals surface area contributed by atoms with E-state index in [9.17, 15) is 0 Å². The zero-order chi connectivity index (χ0) is 16.4. The number of benzene rings is 2. The number of nitrogens with one attached hydrogen (secondary N) is 1. The van der Waals surface area contributed by atoms with Crippen LogP contribution in [0.3, 0.4) is 0 Å². The number of anilines is 1. The van der Waals surface area contributed by atoms with Crippen molar-refractivity contribution in [3.63, 3.8) is 0 Å². The quantitative estimate of drug-likeness (QED) is 0.651. The van der Waals surface area contributed by atoms with Crippen LogP contribution in [-0.2, 0) is 5.41 Å². The minimum absolute atomic E-state index is 0.179. The Kier molecular flexibility index (Phi) is 2.49. The number of hydrogen-bond acceptors (Lipinski definition) is 3. The van der Waals surface area contributed by atoms with Crippen LogP contribution in [0.1, 0.15) is 25.0 Å². The molecule has 1 N–H and O–H groups in total. The van der Waals surface area contributed by atoms with Crippen LogP contribution in [0.4, 0.5) is 5.69 Å². The van der Waals surface area contributed by atoms with Crippen molar-refractivity contribution in [3.8, 4) is 5.75 Å². The molecule has 2 aliphatic rings. The van der Waals surface area contributed by atoms with Crippen molar-refractivity contribution >= 4 is 22.7 Å². The highest BCUT2D eigenvalue weighted by Crippen LogP contribution is 2.51. The van der Waals surface area contributed by atoms with Gasteiger partial charge in [-0.05, 0) is 55.8 Å². The van der Waals surface area contributed by atoms with E-state index in [1.807, 2.05) is 24.4 Å². The molecule has 1 aromatic heterocycles. The van der Waals surface area contributed by atoms with Gasteiger partial charge in [0.1, 0.15) is 5.75 Å². The summed E-state index contributed by atoms with van der Waals surface area (Å²) in [5, 5.41) is 4.72. The van der Waals surface area contributed by atoms with Crippen LogP contribution in [0.15, 0.2) is 60.8 Å². The number of ether oxygens (including phenoxy) is 1. The van der Waals surface area contributed by atoms with Crippen molar-refractivity contribution < 1.29 is 4.74 Å². The number of para-hydroxylation sites is 1. The van der Waals surface area contributed by atoms with Gasteiger partial charge in [0, 0.05) is 22.8 Å². The molecule has 118 valence electrons. The van der Waals surface area contributed by atoms with Crippen LogP contribution in [0.25, 0.3) is 17.0 Å². The van der Waals surface area contributed by atoms with E-state index in [0.29, 0.717) is 0 Å². The SMILES string of the molecule is CC1(C)c2ccccc2NC12C=Cc1c(ccc3ncccc13)O2. The van der Waals surface area contributed by atoms with Crippen molar-refractivity contribution in [1.29, 1.82) is 0 Å². The highest BCUT2D eigenvalue weighted by Gasteiger charge is 2.54. The molecule has 24 heavy (non-hydrogen) atoms. The molecular weight excluding hydrogens is 296 g/mol. The Morgan fingerprint density at radius 1 is 1.00 bits per heavy atom. The Hall–Kier alpha value is -2.81. The molecule has 1 unspecified atom stereocenters. The predicted octanol–water partition coefficient (Wildman–Crippen LogP) is 4.74. The Morgan fingerprint density at radius 3 is 2.75 bits per heavy atom. The summed E-state index contributed by atoms with van der Waals surface area (Å²) >= 11 is 0. The molecule has 3 heterocycles. The van der Waals surface area contributed by atoms with Crippen molar-refractivity contribution in [3.05, 3.63) is 71.9 Å². The van der Waals surface area contributed by atoms with Crippen LogP contribution >= 0.6 is 0 Å². The van der Waals surface area contributed by atoms with Crippen LogP contribution in [0.5, 0.6) is 5.75 Å². The summed E-state index contributed by atoms with van der Waals surface area (Å²) in [6.45, 7) is 4.45. The van der Waals surface area contributed by atoms with Crippen molar-refractivity contribution in [2.75, 3.05) is 5.32 Å². The average Bonchev–Trinajstić information content (AvgIpc) is 2.82. The minimum Gasteiger partial charge on any atom is -0.463 e. The number of hydrogen-bond donors (Lipinski definition) is 1. The van der Waals surface area contributed by atoms with E-state index in [0.717, 1.165) is 27.9 Å². The lowest BCUT2D eigenvalue weighted by Crippen LogP contribution is -2.53. The topological polar surface area (TPSA) is 34.2 Å². The number of pyridine rings is 1. The fourth-order valence-corrected chi connectivity index (χ4v) is 3.92. The second-order valence-electron chi connectivity index (χ2n) is 7.01. The second kappa shape index (κ2) is 4.38. The normalized spacial score (nSPS) is 22.8. The van der Waals surface area contributed by atoms with E-state index >= 15 is 0 Å². The summed E-state index contributed by atoms with van der Waals surface area (Å²) in [6, 6.07) is 16.5. The molecule has 1 atom stereocenters. The van der Waals surface area contributed by atoms with Gasteiger partial charge in [0.15, 0.2) is 0 Å². The Bertz CT molecular complexity index is 1010. The first-order valence-corrected chi connectivity index (χ1v) is 8.24. The van der Waals surface area contributed by atoms with Gasteiger partial charge in [-0.3, -0.25) is 4.98 Å². The third-order valence-electron chi connectivity index (χ3n) is 5.39. The van der Waals surface area contributed by atoms with Crippen molar-refractivity contribution in [1.82, 2.24) is 4.98 Å². The van der Waals surface area contributed by atoms with E-state index in [4.69, 9.17) is 4.74 Å². The standard InChI is InChI=1S/C21H18N2O/c1-20(2)16-7-3-4-8-18(16)23-21(20)12-11-15-14-6-5-13-22-17(14)9-10-19(15)24-21/h3-13,23H,1-2H3. The first-order valence-electron chi connectivity index (χ1n) is 8.24. The van der Waals surface area contributed by atoms with E-state index in [2.05, 4.69) is 66.6 Å².